The second kappa shape index (κ2) is 21.4. The molecule has 320 valence electrons. The number of amides is 3. The number of carbonyl (C=O) groups is 2. The molecule has 0 saturated heterocycles. The molecule has 60 heavy (non-hydrogen) atoms. The fourth-order valence-electron chi connectivity index (χ4n) is 6.09. The Balaban J connectivity index is 1.25. The summed E-state index contributed by atoms with van der Waals surface area (Å²) in [5.41, 5.74) is 3.15. The number of carbonyl (C=O) groups excluding carboxylic acids is 2. The first-order chi connectivity index (χ1) is 28.8. The lowest BCUT2D eigenvalue weighted by Gasteiger charge is -2.24. The van der Waals surface area contributed by atoms with E-state index in [-0.39, 0.29) is 17.4 Å². The van der Waals surface area contributed by atoms with E-state index in [9.17, 15) is 13.8 Å². The predicted octanol–water partition coefficient (Wildman–Crippen LogP) is 8.23. The van der Waals surface area contributed by atoms with Crippen molar-refractivity contribution < 1.29 is 42.2 Å². The molecule has 0 aliphatic carbocycles. The van der Waals surface area contributed by atoms with E-state index in [0.29, 0.717) is 90.2 Å². The van der Waals surface area contributed by atoms with E-state index in [4.69, 9.17) is 28.4 Å². The number of fused-ring (bicyclic) bond motifs is 1. The summed E-state index contributed by atoms with van der Waals surface area (Å²) in [4.78, 5) is 31.1. The summed E-state index contributed by atoms with van der Waals surface area (Å²) in [6.07, 6.45) is 3.15. The highest BCUT2D eigenvalue weighted by molar-refractivity contribution is 7.85. The molecular weight excluding hydrogens is 789 g/mol. The number of methoxy groups -OCH3 is 3. The quantitative estimate of drug-likeness (QED) is 0.0477. The van der Waals surface area contributed by atoms with E-state index < -0.39 is 17.0 Å². The summed E-state index contributed by atoms with van der Waals surface area (Å²) in [5, 5.41) is 13.6. The van der Waals surface area contributed by atoms with Crippen molar-refractivity contribution >= 4 is 62.3 Å². The van der Waals surface area contributed by atoms with Gasteiger partial charge in [0.25, 0.3) is 5.91 Å². The van der Waals surface area contributed by atoms with Gasteiger partial charge in [0.15, 0.2) is 5.75 Å². The molecule has 15 nitrogen and oxygen atoms in total. The molecule has 0 saturated carbocycles. The maximum Gasteiger partial charge on any atom is 0.323 e. The molecule has 16 heteroatoms. The normalized spacial score (nSPS) is 12.3. The van der Waals surface area contributed by atoms with Gasteiger partial charge in [-0.3, -0.25) is 4.79 Å². The van der Waals surface area contributed by atoms with E-state index in [1.165, 1.54) is 20.5 Å². The molecule has 0 fully saturated rings. The summed E-state index contributed by atoms with van der Waals surface area (Å²) >= 11 is 0. The van der Waals surface area contributed by atoms with Gasteiger partial charge in [0.05, 0.1) is 69.9 Å². The molecule has 0 aliphatic heterocycles. The molecule has 1 unspecified atom stereocenters. The van der Waals surface area contributed by atoms with Gasteiger partial charge in [-0.15, -0.1) is 0 Å². The minimum absolute atomic E-state index is 0.242. The lowest BCUT2D eigenvalue weighted by Crippen LogP contribution is -2.36. The Morgan fingerprint density at radius 3 is 2.22 bits per heavy atom. The summed E-state index contributed by atoms with van der Waals surface area (Å²) in [6.45, 7) is 10.2. The topological polar surface area (TPSA) is 180 Å². The summed E-state index contributed by atoms with van der Waals surface area (Å²) in [5.74, 6) is 2.02. The maximum absolute atomic E-state index is 13.5. The summed E-state index contributed by atoms with van der Waals surface area (Å²) in [7, 11) is 3.25. The number of nitrogens with zero attached hydrogens (tertiary/aromatic N) is 1. The van der Waals surface area contributed by atoms with Crippen LogP contribution in [0.1, 0.15) is 43.6 Å². The van der Waals surface area contributed by atoms with Gasteiger partial charge in [0.1, 0.15) is 34.1 Å². The van der Waals surface area contributed by atoms with E-state index in [1.54, 1.807) is 55.8 Å². The van der Waals surface area contributed by atoms with Crippen LogP contribution in [0.4, 0.5) is 33.4 Å². The first-order valence-electron chi connectivity index (χ1n) is 19.3. The Labute approximate surface area is 353 Å². The second-order valence-electron chi connectivity index (χ2n) is 14.7. The number of nitrogens with one attached hydrogen (secondary N) is 5. The molecule has 3 amide bonds. The highest BCUT2D eigenvalue weighted by Gasteiger charge is 2.22. The third kappa shape index (κ3) is 12.5. The number of ether oxygens (including phenoxy) is 6. The number of hydrogen-bond acceptors (Lipinski definition) is 11. The highest BCUT2D eigenvalue weighted by Crippen LogP contribution is 2.40. The fraction of sp³-hybridized carbons (Fsp3) is 0.341. The van der Waals surface area contributed by atoms with Crippen LogP contribution in [-0.2, 0) is 30.6 Å². The van der Waals surface area contributed by atoms with Gasteiger partial charge in [-0.05, 0) is 60.4 Å². The molecule has 4 aromatic carbocycles. The van der Waals surface area contributed by atoms with Crippen molar-refractivity contribution in [1.29, 1.82) is 0 Å². The number of pyridine rings is 1. The highest BCUT2D eigenvalue weighted by atomic mass is 32.2. The third-order valence-electron chi connectivity index (χ3n) is 9.02. The van der Waals surface area contributed by atoms with Crippen LogP contribution in [-0.4, -0.2) is 87.8 Å². The van der Waals surface area contributed by atoms with Crippen molar-refractivity contribution in [2.24, 2.45) is 0 Å². The minimum Gasteiger partial charge on any atom is -0.496 e. The number of benzene rings is 4. The zero-order valence-corrected chi connectivity index (χ0v) is 36.0. The average molecular weight is 843 g/mol. The van der Waals surface area contributed by atoms with Crippen molar-refractivity contribution in [3.63, 3.8) is 0 Å². The van der Waals surface area contributed by atoms with E-state index in [2.05, 4.69) is 51.7 Å². The standard InChI is InChI=1S/C44H54N6O9S/c1-28(27-58-22-21-57-20-19-54-5)46-42(51)34-14-13-30(25-39(34)55-6)47-40-26-31(17-18-45-40)59-38-16-15-35(32-11-9-10-12-33(32)38)48-43(52)49-36-23-29(44(2,3)4)24-37(41(36)56-7)50-60(8)53/h9-18,23-26,28,50H,19-22,27H2,1-8H3,(H,45,47)(H,46,51)(H2,48,49,52)/t28-,60?/m0/s1. The summed E-state index contributed by atoms with van der Waals surface area (Å²) < 4.78 is 48.6. The number of rotatable bonds is 20. The van der Waals surface area contributed by atoms with Crippen molar-refractivity contribution in [1.82, 2.24) is 10.3 Å². The van der Waals surface area contributed by atoms with Crippen LogP contribution in [0.15, 0.2) is 85.1 Å². The van der Waals surface area contributed by atoms with Gasteiger partial charge in [-0.1, -0.05) is 45.0 Å². The molecule has 0 spiro atoms. The summed E-state index contributed by atoms with van der Waals surface area (Å²) in [6, 6.07) is 22.8. The van der Waals surface area contributed by atoms with Crippen LogP contribution in [0.5, 0.6) is 23.0 Å². The van der Waals surface area contributed by atoms with Crippen LogP contribution >= 0.6 is 0 Å². The van der Waals surface area contributed by atoms with Crippen molar-refractivity contribution in [3.05, 3.63) is 96.2 Å². The Morgan fingerprint density at radius 2 is 1.50 bits per heavy atom. The van der Waals surface area contributed by atoms with E-state index in [0.717, 1.165) is 16.3 Å². The van der Waals surface area contributed by atoms with Crippen LogP contribution in [0, 0.1) is 0 Å². The number of anilines is 5. The lowest BCUT2D eigenvalue weighted by molar-refractivity contribution is 0.0204. The molecule has 1 heterocycles. The van der Waals surface area contributed by atoms with E-state index in [1.807, 2.05) is 43.3 Å². The Morgan fingerprint density at radius 1 is 0.783 bits per heavy atom. The molecule has 5 rings (SSSR count). The van der Waals surface area contributed by atoms with Gasteiger partial charge in [0, 0.05) is 54.2 Å². The number of aromatic nitrogens is 1. The minimum atomic E-state index is -1.37. The molecule has 0 aliphatic rings. The van der Waals surface area contributed by atoms with Crippen LogP contribution in [0.3, 0.4) is 0 Å². The van der Waals surface area contributed by atoms with Crippen molar-refractivity contribution in [3.8, 4) is 23.0 Å². The predicted molar refractivity (Wildman–Crippen MR) is 237 cm³/mol. The Hall–Kier alpha value is -5.94. The Bertz CT molecular complexity index is 2280. The van der Waals surface area contributed by atoms with Gasteiger partial charge in [-0.2, -0.15) is 0 Å². The van der Waals surface area contributed by atoms with Crippen LogP contribution < -0.4 is 40.2 Å². The van der Waals surface area contributed by atoms with Gasteiger partial charge in [0.2, 0.25) is 0 Å². The maximum atomic E-state index is 13.5. The van der Waals surface area contributed by atoms with Gasteiger partial charge < -0.3 is 54.4 Å². The second-order valence-corrected chi connectivity index (χ2v) is 15.8. The van der Waals surface area contributed by atoms with E-state index >= 15 is 0 Å². The first-order valence-corrected chi connectivity index (χ1v) is 20.8. The van der Waals surface area contributed by atoms with Crippen LogP contribution in [0.2, 0.25) is 0 Å². The molecule has 0 bridgehead atoms. The van der Waals surface area contributed by atoms with Gasteiger partial charge >= 0.3 is 6.03 Å². The zero-order valence-electron chi connectivity index (χ0n) is 35.2. The monoisotopic (exact) mass is 842 g/mol. The lowest BCUT2D eigenvalue weighted by atomic mass is 9.86. The molecule has 0 radical (unpaired) electrons. The molecule has 2 atom stereocenters. The zero-order chi connectivity index (χ0) is 43.2. The van der Waals surface area contributed by atoms with Crippen molar-refractivity contribution in [2.75, 3.05) is 81.3 Å². The smallest absolute Gasteiger partial charge is 0.323 e. The molecule has 1 aromatic heterocycles. The SMILES string of the molecule is COCCOCCOC[C@H](C)NC(=O)c1ccc(Nc2cc(Oc3ccc(NC(=O)Nc4cc(C(C)(C)C)cc(NS(C)=O)c4OC)c4ccccc34)ccn2)cc1OC. The molecule has 5 aromatic rings. The number of urea groups is 1. The molecule has 5 N–H and O–H groups in total. The average Bonchev–Trinajstić information content (AvgIpc) is 3.20. The van der Waals surface area contributed by atoms with Gasteiger partial charge in [-0.25, -0.2) is 14.0 Å². The fourth-order valence-corrected chi connectivity index (χ4v) is 6.55. The third-order valence-corrected chi connectivity index (χ3v) is 9.53. The molecular formula is C44H54N6O9S. The first kappa shape index (κ1) is 45.1. The number of hydrogen-bond donors (Lipinski definition) is 5. The van der Waals surface area contributed by atoms with Crippen LogP contribution in [0.25, 0.3) is 10.8 Å². The largest absolute Gasteiger partial charge is 0.496 e. The Kier molecular flexibility index (Phi) is 16.1. The van der Waals surface area contributed by atoms with Crippen molar-refractivity contribution in [2.45, 2.75) is 39.2 Å².